The van der Waals surface area contributed by atoms with Crippen LogP contribution in [-0.4, -0.2) is 18.6 Å². The lowest BCUT2D eigenvalue weighted by atomic mass is 10.2. The molecule has 104 valence electrons. The third-order valence-corrected chi connectivity index (χ3v) is 2.74. The molecule has 0 spiro atoms. The SMILES string of the molecule is CCCCCN(C)c1nc(C(F)(F)F)ccc1C#N. The highest BCUT2D eigenvalue weighted by molar-refractivity contribution is 5.54. The van der Waals surface area contributed by atoms with Gasteiger partial charge in [-0.1, -0.05) is 19.8 Å². The number of hydrogen-bond donors (Lipinski definition) is 0. The van der Waals surface area contributed by atoms with Gasteiger partial charge in [0.25, 0.3) is 0 Å². The first-order valence-corrected chi connectivity index (χ1v) is 6.09. The number of nitriles is 1. The van der Waals surface area contributed by atoms with Crippen LogP contribution >= 0.6 is 0 Å². The molecule has 0 saturated heterocycles. The lowest BCUT2D eigenvalue weighted by Crippen LogP contribution is -2.22. The molecule has 1 rings (SSSR count). The number of unbranched alkanes of at least 4 members (excludes halogenated alkanes) is 2. The van der Waals surface area contributed by atoms with E-state index in [1.807, 2.05) is 13.0 Å². The highest BCUT2D eigenvalue weighted by Gasteiger charge is 2.33. The zero-order chi connectivity index (χ0) is 14.5. The number of hydrogen-bond acceptors (Lipinski definition) is 3. The second kappa shape index (κ2) is 6.41. The number of pyridine rings is 1. The summed E-state index contributed by atoms with van der Waals surface area (Å²) in [5.41, 5.74) is -0.809. The molecule has 0 aliphatic carbocycles. The van der Waals surface area contributed by atoms with E-state index in [0.29, 0.717) is 6.54 Å². The van der Waals surface area contributed by atoms with E-state index in [1.165, 1.54) is 6.07 Å². The normalized spacial score (nSPS) is 11.2. The molecular formula is C13H16F3N3. The van der Waals surface area contributed by atoms with Gasteiger partial charge in [0, 0.05) is 13.6 Å². The van der Waals surface area contributed by atoms with E-state index in [2.05, 4.69) is 4.98 Å². The first-order chi connectivity index (χ1) is 8.90. The van der Waals surface area contributed by atoms with Crippen LogP contribution < -0.4 is 4.90 Å². The first-order valence-electron chi connectivity index (χ1n) is 6.09. The molecule has 6 heteroatoms. The Morgan fingerprint density at radius 3 is 2.53 bits per heavy atom. The van der Waals surface area contributed by atoms with Crippen LogP contribution in [0.3, 0.4) is 0 Å². The van der Waals surface area contributed by atoms with Crippen molar-refractivity contribution in [3.63, 3.8) is 0 Å². The average molecular weight is 271 g/mol. The van der Waals surface area contributed by atoms with Crippen molar-refractivity contribution in [2.24, 2.45) is 0 Å². The lowest BCUT2D eigenvalue weighted by molar-refractivity contribution is -0.141. The minimum Gasteiger partial charge on any atom is -0.359 e. The van der Waals surface area contributed by atoms with Gasteiger partial charge in [-0.2, -0.15) is 18.4 Å². The molecule has 0 N–H and O–H groups in total. The molecular weight excluding hydrogens is 255 g/mol. The third kappa shape index (κ3) is 4.12. The van der Waals surface area contributed by atoms with E-state index < -0.39 is 11.9 Å². The first kappa shape index (κ1) is 15.3. The highest BCUT2D eigenvalue weighted by atomic mass is 19.4. The molecule has 0 bridgehead atoms. The molecule has 1 aromatic rings. The van der Waals surface area contributed by atoms with Crippen molar-refractivity contribution in [2.75, 3.05) is 18.5 Å². The molecule has 0 unspecified atom stereocenters. The molecule has 0 atom stereocenters. The Morgan fingerprint density at radius 2 is 2.00 bits per heavy atom. The number of halogens is 3. The van der Waals surface area contributed by atoms with Gasteiger partial charge in [-0.25, -0.2) is 4.98 Å². The minimum atomic E-state index is -4.49. The zero-order valence-electron chi connectivity index (χ0n) is 11.0. The molecule has 1 heterocycles. The Morgan fingerprint density at radius 1 is 1.32 bits per heavy atom. The standard InChI is InChI=1S/C13H16F3N3/c1-3-4-5-8-19(2)12-10(9-17)6-7-11(18-12)13(14,15)16/h6-7H,3-5,8H2,1-2H3. The summed E-state index contributed by atoms with van der Waals surface area (Å²) in [6.07, 6.45) is -1.62. The number of rotatable bonds is 5. The van der Waals surface area contributed by atoms with Gasteiger partial charge in [0.2, 0.25) is 0 Å². The molecule has 0 amide bonds. The molecule has 0 saturated carbocycles. The van der Waals surface area contributed by atoms with Gasteiger partial charge in [-0.05, 0) is 18.6 Å². The van der Waals surface area contributed by atoms with E-state index in [1.54, 1.807) is 11.9 Å². The predicted octanol–water partition coefficient (Wildman–Crippen LogP) is 3.60. The van der Waals surface area contributed by atoms with Gasteiger partial charge in [0.05, 0.1) is 5.56 Å². The van der Waals surface area contributed by atoms with E-state index in [-0.39, 0.29) is 11.4 Å². The van der Waals surface area contributed by atoms with Gasteiger partial charge in [-0.15, -0.1) is 0 Å². The Kier molecular flexibility index (Phi) is 5.16. The number of anilines is 1. The van der Waals surface area contributed by atoms with Crippen molar-refractivity contribution in [1.29, 1.82) is 5.26 Å². The second-order valence-corrected chi connectivity index (χ2v) is 4.31. The number of aromatic nitrogens is 1. The van der Waals surface area contributed by atoms with E-state index >= 15 is 0 Å². The number of nitrogens with zero attached hydrogens (tertiary/aromatic N) is 3. The van der Waals surface area contributed by atoms with Gasteiger partial charge >= 0.3 is 6.18 Å². The van der Waals surface area contributed by atoms with Crippen LogP contribution in [0.5, 0.6) is 0 Å². The van der Waals surface area contributed by atoms with E-state index in [4.69, 9.17) is 5.26 Å². The summed E-state index contributed by atoms with van der Waals surface area (Å²) in [7, 11) is 1.65. The van der Waals surface area contributed by atoms with Crippen molar-refractivity contribution in [2.45, 2.75) is 32.4 Å². The summed E-state index contributed by atoms with van der Waals surface area (Å²) in [5, 5.41) is 8.93. The van der Waals surface area contributed by atoms with Crippen LogP contribution in [-0.2, 0) is 6.18 Å². The Labute approximate surface area is 110 Å². The Bertz CT molecular complexity index is 463. The smallest absolute Gasteiger partial charge is 0.359 e. The summed E-state index contributed by atoms with van der Waals surface area (Å²) in [4.78, 5) is 5.17. The molecule has 3 nitrogen and oxygen atoms in total. The minimum absolute atomic E-state index is 0.0911. The molecule has 0 aliphatic rings. The monoisotopic (exact) mass is 271 g/mol. The van der Waals surface area contributed by atoms with E-state index in [0.717, 1.165) is 25.3 Å². The Hall–Kier alpha value is -1.77. The van der Waals surface area contributed by atoms with Crippen molar-refractivity contribution < 1.29 is 13.2 Å². The Balaban J connectivity index is 3.00. The summed E-state index contributed by atoms with van der Waals surface area (Å²) in [5.74, 6) is 0.0911. The van der Waals surface area contributed by atoms with Crippen molar-refractivity contribution in [1.82, 2.24) is 4.98 Å². The highest BCUT2D eigenvalue weighted by Crippen LogP contribution is 2.30. The van der Waals surface area contributed by atoms with Crippen LogP contribution in [0.1, 0.15) is 37.4 Å². The van der Waals surface area contributed by atoms with Gasteiger partial charge in [0.15, 0.2) is 0 Å². The molecule has 0 radical (unpaired) electrons. The third-order valence-electron chi connectivity index (χ3n) is 2.74. The van der Waals surface area contributed by atoms with Gasteiger partial charge in [-0.3, -0.25) is 0 Å². The fourth-order valence-electron chi connectivity index (χ4n) is 1.69. The fraction of sp³-hybridized carbons (Fsp3) is 0.538. The summed E-state index contributed by atoms with van der Waals surface area (Å²) >= 11 is 0. The summed E-state index contributed by atoms with van der Waals surface area (Å²) in [6.45, 7) is 2.63. The van der Waals surface area contributed by atoms with Gasteiger partial charge in [0.1, 0.15) is 17.6 Å². The van der Waals surface area contributed by atoms with Crippen LogP contribution in [0.4, 0.5) is 19.0 Å². The molecule has 1 aromatic heterocycles. The quantitative estimate of drug-likeness (QED) is 0.768. The van der Waals surface area contributed by atoms with Crippen molar-refractivity contribution >= 4 is 5.82 Å². The van der Waals surface area contributed by atoms with Crippen LogP contribution in [0.25, 0.3) is 0 Å². The fourth-order valence-corrected chi connectivity index (χ4v) is 1.69. The predicted molar refractivity (Wildman–Crippen MR) is 66.7 cm³/mol. The van der Waals surface area contributed by atoms with Crippen molar-refractivity contribution in [3.05, 3.63) is 23.4 Å². The maximum atomic E-state index is 12.6. The van der Waals surface area contributed by atoms with E-state index in [9.17, 15) is 13.2 Å². The van der Waals surface area contributed by atoms with Crippen LogP contribution in [0.2, 0.25) is 0 Å². The second-order valence-electron chi connectivity index (χ2n) is 4.31. The zero-order valence-corrected chi connectivity index (χ0v) is 11.0. The number of alkyl halides is 3. The average Bonchev–Trinajstić information content (AvgIpc) is 2.37. The van der Waals surface area contributed by atoms with Crippen molar-refractivity contribution in [3.8, 4) is 6.07 Å². The molecule has 0 fully saturated rings. The largest absolute Gasteiger partial charge is 0.433 e. The molecule has 19 heavy (non-hydrogen) atoms. The molecule has 0 aromatic carbocycles. The maximum Gasteiger partial charge on any atom is 0.433 e. The molecule has 0 aliphatic heterocycles. The summed E-state index contributed by atoms with van der Waals surface area (Å²) in [6, 6.07) is 3.88. The summed E-state index contributed by atoms with van der Waals surface area (Å²) < 4.78 is 37.8. The van der Waals surface area contributed by atoms with Crippen LogP contribution in [0, 0.1) is 11.3 Å². The van der Waals surface area contributed by atoms with Crippen LogP contribution in [0.15, 0.2) is 12.1 Å². The van der Waals surface area contributed by atoms with Gasteiger partial charge < -0.3 is 4.90 Å². The topological polar surface area (TPSA) is 39.9 Å². The maximum absolute atomic E-state index is 12.6. The lowest BCUT2D eigenvalue weighted by Gasteiger charge is -2.20.